The average molecular weight is 331 g/mol. The number of sulfonamides is 1. The normalized spacial score (nSPS) is 16.8. The largest absolute Gasteiger partial charge is 0.341 e. The van der Waals surface area contributed by atoms with Gasteiger partial charge in [-0.15, -0.1) is 0 Å². The first-order valence-electron chi connectivity index (χ1n) is 6.84. The minimum Gasteiger partial charge on any atom is -0.341 e. The Morgan fingerprint density at radius 2 is 1.95 bits per heavy atom. The molecule has 1 aromatic carbocycles. The van der Waals surface area contributed by atoms with E-state index in [0.29, 0.717) is 23.8 Å². The van der Waals surface area contributed by atoms with Crippen molar-refractivity contribution in [3.63, 3.8) is 0 Å². The van der Waals surface area contributed by atoms with Crippen LogP contribution >= 0.6 is 11.6 Å². The molecule has 1 atom stereocenters. The van der Waals surface area contributed by atoms with E-state index in [1.54, 1.807) is 36.1 Å². The number of likely N-dealkylation sites (tertiary alicyclic amines) is 1. The predicted octanol–water partition coefficient (Wildman–Crippen LogP) is 2.12. The van der Waals surface area contributed by atoms with Crippen molar-refractivity contribution in [2.75, 3.05) is 23.7 Å². The zero-order valence-electron chi connectivity index (χ0n) is 12.1. The fourth-order valence-corrected chi connectivity index (χ4v) is 3.96. The molecule has 0 spiro atoms. The molecular formula is C14H19ClN2O3S. The molecule has 0 aromatic heterocycles. The van der Waals surface area contributed by atoms with Gasteiger partial charge < -0.3 is 4.90 Å². The van der Waals surface area contributed by atoms with Crippen molar-refractivity contribution in [2.24, 2.45) is 0 Å². The van der Waals surface area contributed by atoms with Crippen molar-refractivity contribution in [1.29, 1.82) is 0 Å². The molecule has 5 nitrogen and oxygen atoms in total. The maximum Gasteiger partial charge on any atom is 0.246 e. The molecule has 7 heteroatoms. The molecule has 21 heavy (non-hydrogen) atoms. The van der Waals surface area contributed by atoms with E-state index >= 15 is 0 Å². The number of anilines is 1. The van der Waals surface area contributed by atoms with Crippen molar-refractivity contribution < 1.29 is 13.2 Å². The molecule has 1 saturated heterocycles. The quantitative estimate of drug-likeness (QED) is 0.849. The number of carbonyl (C=O) groups is 1. The third kappa shape index (κ3) is 3.68. The highest BCUT2D eigenvalue weighted by Gasteiger charge is 2.32. The molecular weight excluding hydrogens is 312 g/mol. The van der Waals surface area contributed by atoms with Crippen molar-refractivity contribution in [3.8, 4) is 0 Å². The Labute approximate surface area is 130 Å². The van der Waals surface area contributed by atoms with Crippen molar-refractivity contribution in [1.82, 2.24) is 4.90 Å². The summed E-state index contributed by atoms with van der Waals surface area (Å²) in [6, 6.07) is 5.75. The summed E-state index contributed by atoms with van der Waals surface area (Å²) in [6.07, 6.45) is 3.03. The van der Waals surface area contributed by atoms with Crippen molar-refractivity contribution in [2.45, 2.75) is 25.8 Å². The molecule has 0 N–H and O–H groups in total. The summed E-state index contributed by atoms with van der Waals surface area (Å²) in [7, 11) is -3.58. The molecule has 0 radical (unpaired) electrons. The van der Waals surface area contributed by atoms with Crippen LogP contribution in [-0.4, -0.2) is 44.6 Å². The van der Waals surface area contributed by atoms with Gasteiger partial charge in [0.05, 0.1) is 11.9 Å². The number of amides is 1. The maximum absolute atomic E-state index is 12.5. The monoisotopic (exact) mass is 330 g/mol. The maximum atomic E-state index is 12.5. The lowest BCUT2D eigenvalue weighted by molar-refractivity contribution is -0.130. The number of nitrogens with zero attached hydrogens (tertiary/aromatic N) is 2. The van der Waals surface area contributed by atoms with Crippen LogP contribution in [0.3, 0.4) is 0 Å². The second kappa shape index (κ2) is 6.23. The lowest BCUT2D eigenvalue weighted by atomic mass is 10.2. The van der Waals surface area contributed by atoms with Crippen molar-refractivity contribution >= 4 is 33.2 Å². The van der Waals surface area contributed by atoms with Gasteiger partial charge in [-0.25, -0.2) is 8.42 Å². The zero-order chi connectivity index (χ0) is 15.6. The molecule has 1 heterocycles. The molecule has 1 aliphatic rings. The van der Waals surface area contributed by atoms with Crippen LogP contribution in [0.15, 0.2) is 24.3 Å². The Balaban J connectivity index is 2.34. The van der Waals surface area contributed by atoms with E-state index < -0.39 is 16.1 Å². The number of carbonyl (C=O) groups excluding carboxylic acids is 1. The van der Waals surface area contributed by atoms with Gasteiger partial charge in [0.25, 0.3) is 0 Å². The molecule has 0 aliphatic carbocycles. The molecule has 1 amide bonds. The van der Waals surface area contributed by atoms with Gasteiger partial charge in [-0.05, 0) is 38.0 Å². The molecule has 2 rings (SSSR count). The fraction of sp³-hybridized carbons (Fsp3) is 0.500. The summed E-state index contributed by atoms with van der Waals surface area (Å²) in [5, 5.41) is 0.432. The fourth-order valence-electron chi connectivity index (χ4n) is 2.62. The van der Waals surface area contributed by atoms with E-state index in [1.165, 1.54) is 0 Å². The highest BCUT2D eigenvalue weighted by molar-refractivity contribution is 7.92. The van der Waals surface area contributed by atoms with Gasteiger partial charge in [-0.1, -0.05) is 17.7 Å². The minimum absolute atomic E-state index is 0.169. The van der Waals surface area contributed by atoms with Gasteiger partial charge in [0.15, 0.2) is 0 Å². The number of hydrogen-bond acceptors (Lipinski definition) is 3. The summed E-state index contributed by atoms with van der Waals surface area (Å²) in [4.78, 5) is 14.2. The molecule has 1 aromatic rings. The van der Waals surface area contributed by atoms with Gasteiger partial charge in [0, 0.05) is 18.1 Å². The molecule has 0 saturated carbocycles. The molecule has 1 unspecified atom stereocenters. The van der Waals surface area contributed by atoms with Gasteiger partial charge in [-0.3, -0.25) is 9.10 Å². The smallest absolute Gasteiger partial charge is 0.246 e. The van der Waals surface area contributed by atoms with E-state index in [1.807, 2.05) is 0 Å². The van der Waals surface area contributed by atoms with Gasteiger partial charge in [0.2, 0.25) is 15.9 Å². The predicted molar refractivity (Wildman–Crippen MR) is 84.1 cm³/mol. The van der Waals surface area contributed by atoms with E-state index in [2.05, 4.69) is 0 Å². The standard InChI is InChI=1S/C14H19ClN2O3S/c1-11(14(18)16-8-3-4-9-16)17(21(2,19)20)13-7-5-6-12(15)10-13/h5-7,10-11H,3-4,8-9H2,1-2H3. The lowest BCUT2D eigenvalue weighted by Crippen LogP contribution is -2.48. The Hall–Kier alpha value is -1.27. The lowest BCUT2D eigenvalue weighted by Gasteiger charge is -2.31. The Morgan fingerprint density at radius 1 is 1.33 bits per heavy atom. The van der Waals surface area contributed by atoms with Crippen molar-refractivity contribution in [3.05, 3.63) is 29.3 Å². The van der Waals surface area contributed by atoms with Crippen LogP contribution in [0.25, 0.3) is 0 Å². The minimum atomic E-state index is -3.58. The third-order valence-electron chi connectivity index (χ3n) is 3.55. The average Bonchev–Trinajstić information content (AvgIpc) is 2.90. The van der Waals surface area contributed by atoms with Gasteiger partial charge >= 0.3 is 0 Å². The summed E-state index contributed by atoms with van der Waals surface area (Å²) >= 11 is 5.93. The number of benzene rings is 1. The van der Waals surface area contributed by atoms with Crippen LogP contribution in [0.1, 0.15) is 19.8 Å². The van der Waals surface area contributed by atoms with Crippen LogP contribution in [0.5, 0.6) is 0 Å². The SMILES string of the molecule is CC(C(=O)N1CCCC1)N(c1cccc(Cl)c1)S(C)(=O)=O. The molecule has 116 valence electrons. The first-order valence-corrected chi connectivity index (χ1v) is 9.07. The summed E-state index contributed by atoms with van der Waals surface area (Å²) in [5.41, 5.74) is 0.407. The van der Waals surface area contributed by atoms with E-state index in [-0.39, 0.29) is 5.91 Å². The van der Waals surface area contributed by atoms with Crippen LogP contribution in [0.2, 0.25) is 5.02 Å². The second-order valence-electron chi connectivity index (χ2n) is 5.25. The van der Waals surface area contributed by atoms with E-state index in [0.717, 1.165) is 23.4 Å². The Kier molecular flexibility index (Phi) is 4.78. The molecule has 0 bridgehead atoms. The number of halogens is 1. The Bertz CT molecular complexity index is 627. The van der Waals surface area contributed by atoms with Crippen LogP contribution < -0.4 is 4.31 Å². The first-order chi connectivity index (χ1) is 9.80. The van der Waals surface area contributed by atoms with Crippen LogP contribution in [0.4, 0.5) is 5.69 Å². The van der Waals surface area contributed by atoms with E-state index in [9.17, 15) is 13.2 Å². The zero-order valence-corrected chi connectivity index (χ0v) is 13.7. The molecule has 1 aliphatic heterocycles. The van der Waals surface area contributed by atoms with Gasteiger partial charge in [0.1, 0.15) is 6.04 Å². The van der Waals surface area contributed by atoms with E-state index in [4.69, 9.17) is 11.6 Å². The third-order valence-corrected chi connectivity index (χ3v) is 5.02. The van der Waals surface area contributed by atoms with Gasteiger partial charge in [-0.2, -0.15) is 0 Å². The number of rotatable bonds is 4. The second-order valence-corrected chi connectivity index (χ2v) is 7.54. The topological polar surface area (TPSA) is 57.7 Å². The summed E-state index contributed by atoms with van der Waals surface area (Å²) < 4.78 is 25.4. The number of hydrogen-bond donors (Lipinski definition) is 0. The first kappa shape index (κ1) is 16.1. The highest BCUT2D eigenvalue weighted by atomic mass is 35.5. The summed E-state index contributed by atoms with van der Waals surface area (Å²) in [6.45, 7) is 3.00. The van der Waals surface area contributed by atoms with Crippen LogP contribution in [-0.2, 0) is 14.8 Å². The summed E-state index contributed by atoms with van der Waals surface area (Å²) in [5.74, 6) is -0.169. The molecule has 1 fully saturated rings. The Morgan fingerprint density at radius 3 is 2.48 bits per heavy atom. The highest BCUT2D eigenvalue weighted by Crippen LogP contribution is 2.25. The van der Waals surface area contributed by atoms with Crippen LogP contribution in [0, 0.1) is 0 Å².